The summed E-state index contributed by atoms with van der Waals surface area (Å²) in [4.78, 5) is 3.27. The zero-order valence-corrected chi connectivity index (χ0v) is 11.5. The van der Waals surface area contributed by atoms with Crippen molar-refractivity contribution in [1.29, 1.82) is 0 Å². The molecule has 0 saturated carbocycles. The number of aromatic amines is 1. The third-order valence-corrected chi connectivity index (χ3v) is 4.38. The van der Waals surface area contributed by atoms with Gasteiger partial charge in [-0.2, -0.15) is 0 Å². The highest BCUT2D eigenvalue weighted by atomic mass is 32.2. The Labute approximate surface area is 116 Å². The van der Waals surface area contributed by atoms with Gasteiger partial charge in [0.25, 0.3) is 0 Å². The second-order valence-corrected chi connectivity index (χ2v) is 6.68. The van der Waals surface area contributed by atoms with Gasteiger partial charge in [0.05, 0.1) is 4.90 Å². The average molecular weight is 289 g/mol. The van der Waals surface area contributed by atoms with Crippen molar-refractivity contribution in [3.05, 3.63) is 54.5 Å². The van der Waals surface area contributed by atoms with Crippen molar-refractivity contribution in [1.82, 2.24) is 4.98 Å². The average Bonchev–Trinajstić information content (AvgIpc) is 2.83. The SMILES string of the molecule is CS(=O)(=O)c1ccc(-c2c[nH]c3cccc(F)c23)cc1. The van der Waals surface area contributed by atoms with E-state index in [0.29, 0.717) is 10.9 Å². The quantitative estimate of drug-likeness (QED) is 0.786. The van der Waals surface area contributed by atoms with Crippen LogP contribution in [0.2, 0.25) is 0 Å². The maximum absolute atomic E-state index is 13.9. The van der Waals surface area contributed by atoms with E-state index < -0.39 is 9.84 Å². The molecular formula is C15H12FNO2S. The first kappa shape index (κ1) is 12.9. The number of H-pyrrole nitrogens is 1. The summed E-state index contributed by atoms with van der Waals surface area (Å²) in [7, 11) is -3.22. The first-order chi connectivity index (χ1) is 9.47. The molecule has 3 nitrogen and oxygen atoms in total. The number of fused-ring (bicyclic) bond motifs is 1. The summed E-state index contributed by atoms with van der Waals surface area (Å²) in [6, 6.07) is 11.3. The number of hydrogen-bond acceptors (Lipinski definition) is 2. The Morgan fingerprint density at radius 3 is 2.40 bits per heavy atom. The Morgan fingerprint density at radius 2 is 1.75 bits per heavy atom. The largest absolute Gasteiger partial charge is 0.360 e. The number of benzene rings is 2. The van der Waals surface area contributed by atoms with Crippen LogP contribution in [0.15, 0.2) is 53.6 Å². The molecule has 0 radical (unpaired) electrons. The van der Waals surface area contributed by atoms with Gasteiger partial charge in [-0.1, -0.05) is 18.2 Å². The number of hydrogen-bond donors (Lipinski definition) is 1. The molecule has 102 valence electrons. The second-order valence-electron chi connectivity index (χ2n) is 4.66. The molecule has 1 heterocycles. The highest BCUT2D eigenvalue weighted by Gasteiger charge is 2.12. The van der Waals surface area contributed by atoms with Gasteiger partial charge in [0, 0.05) is 28.9 Å². The number of rotatable bonds is 2. The Hall–Kier alpha value is -2.14. The Bertz CT molecular complexity index is 880. The van der Waals surface area contributed by atoms with Crippen molar-refractivity contribution in [2.45, 2.75) is 4.90 Å². The van der Waals surface area contributed by atoms with Gasteiger partial charge in [0.2, 0.25) is 0 Å². The van der Waals surface area contributed by atoms with Crippen LogP contribution in [-0.2, 0) is 9.84 Å². The third kappa shape index (κ3) is 2.10. The highest BCUT2D eigenvalue weighted by Crippen LogP contribution is 2.31. The van der Waals surface area contributed by atoms with E-state index in [1.165, 1.54) is 18.2 Å². The zero-order chi connectivity index (χ0) is 14.3. The van der Waals surface area contributed by atoms with Crippen LogP contribution >= 0.6 is 0 Å². The molecule has 0 aliphatic carbocycles. The van der Waals surface area contributed by atoms with Crippen LogP contribution in [0.25, 0.3) is 22.0 Å². The molecule has 1 N–H and O–H groups in total. The Balaban J connectivity index is 2.17. The molecule has 3 aromatic rings. The molecule has 0 spiro atoms. The summed E-state index contributed by atoms with van der Waals surface area (Å²) in [6.45, 7) is 0. The van der Waals surface area contributed by atoms with Crippen molar-refractivity contribution in [3.63, 3.8) is 0 Å². The topological polar surface area (TPSA) is 49.9 Å². The van der Waals surface area contributed by atoms with E-state index in [1.807, 2.05) is 0 Å². The molecule has 0 bridgehead atoms. The zero-order valence-electron chi connectivity index (χ0n) is 10.7. The van der Waals surface area contributed by atoms with E-state index in [9.17, 15) is 12.8 Å². The molecule has 0 aliphatic heterocycles. The lowest BCUT2D eigenvalue weighted by Crippen LogP contribution is -1.96. The summed E-state index contributed by atoms with van der Waals surface area (Å²) in [6.07, 6.45) is 2.89. The minimum absolute atomic E-state index is 0.251. The lowest BCUT2D eigenvalue weighted by molar-refractivity contribution is 0.602. The van der Waals surface area contributed by atoms with Gasteiger partial charge in [0.1, 0.15) is 5.82 Å². The fourth-order valence-corrected chi connectivity index (χ4v) is 2.88. The first-order valence-electron chi connectivity index (χ1n) is 6.03. The molecule has 1 aromatic heterocycles. The smallest absolute Gasteiger partial charge is 0.175 e. The van der Waals surface area contributed by atoms with E-state index in [1.54, 1.807) is 30.5 Å². The van der Waals surface area contributed by atoms with Crippen LogP contribution in [0.5, 0.6) is 0 Å². The molecule has 0 amide bonds. The molecule has 0 fully saturated rings. The van der Waals surface area contributed by atoms with Crippen molar-refractivity contribution < 1.29 is 12.8 Å². The minimum atomic E-state index is -3.22. The van der Waals surface area contributed by atoms with Crippen LogP contribution in [0, 0.1) is 5.82 Å². The fraction of sp³-hybridized carbons (Fsp3) is 0.0667. The maximum Gasteiger partial charge on any atom is 0.175 e. The summed E-state index contributed by atoms with van der Waals surface area (Å²) in [5.74, 6) is -0.300. The van der Waals surface area contributed by atoms with E-state index in [2.05, 4.69) is 4.98 Å². The van der Waals surface area contributed by atoms with E-state index in [-0.39, 0.29) is 10.7 Å². The van der Waals surface area contributed by atoms with E-state index in [0.717, 1.165) is 17.4 Å². The molecule has 0 saturated heterocycles. The van der Waals surface area contributed by atoms with Gasteiger partial charge in [-0.15, -0.1) is 0 Å². The summed E-state index contributed by atoms with van der Waals surface area (Å²) < 4.78 is 36.8. The van der Waals surface area contributed by atoms with Gasteiger partial charge in [-0.25, -0.2) is 12.8 Å². The molecule has 0 atom stereocenters. The molecule has 2 aromatic carbocycles. The van der Waals surface area contributed by atoms with Gasteiger partial charge < -0.3 is 4.98 Å². The molecule has 3 rings (SSSR count). The lowest BCUT2D eigenvalue weighted by atomic mass is 10.0. The Morgan fingerprint density at radius 1 is 1.05 bits per heavy atom. The number of aromatic nitrogens is 1. The van der Waals surface area contributed by atoms with Crippen molar-refractivity contribution in [2.24, 2.45) is 0 Å². The predicted molar refractivity (Wildman–Crippen MR) is 76.8 cm³/mol. The molecule has 0 aliphatic rings. The normalized spacial score (nSPS) is 11.9. The van der Waals surface area contributed by atoms with Gasteiger partial charge in [-0.3, -0.25) is 0 Å². The van der Waals surface area contributed by atoms with Crippen molar-refractivity contribution >= 4 is 20.7 Å². The maximum atomic E-state index is 13.9. The van der Waals surface area contributed by atoms with Gasteiger partial charge >= 0.3 is 0 Å². The molecule has 0 unspecified atom stereocenters. The van der Waals surface area contributed by atoms with Gasteiger partial charge in [0.15, 0.2) is 9.84 Å². The third-order valence-electron chi connectivity index (χ3n) is 3.25. The van der Waals surface area contributed by atoms with Crippen LogP contribution in [-0.4, -0.2) is 19.7 Å². The second kappa shape index (κ2) is 4.45. The highest BCUT2D eigenvalue weighted by molar-refractivity contribution is 7.90. The minimum Gasteiger partial charge on any atom is -0.360 e. The monoisotopic (exact) mass is 289 g/mol. The summed E-state index contributed by atoms with van der Waals surface area (Å²) in [5, 5.41) is 0.514. The van der Waals surface area contributed by atoms with Crippen LogP contribution in [0.1, 0.15) is 0 Å². The van der Waals surface area contributed by atoms with Gasteiger partial charge in [-0.05, 0) is 29.8 Å². The van der Waals surface area contributed by atoms with E-state index in [4.69, 9.17) is 0 Å². The lowest BCUT2D eigenvalue weighted by Gasteiger charge is -2.03. The first-order valence-corrected chi connectivity index (χ1v) is 7.92. The Kier molecular flexibility index (Phi) is 2.87. The summed E-state index contributed by atoms with van der Waals surface area (Å²) in [5.41, 5.74) is 2.21. The fourth-order valence-electron chi connectivity index (χ4n) is 2.25. The van der Waals surface area contributed by atoms with Crippen molar-refractivity contribution in [3.8, 4) is 11.1 Å². The molecule has 5 heteroatoms. The van der Waals surface area contributed by atoms with Crippen LogP contribution in [0.4, 0.5) is 4.39 Å². The van der Waals surface area contributed by atoms with E-state index >= 15 is 0 Å². The molecule has 20 heavy (non-hydrogen) atoms. The van der Waals surface area contributed by atoms with Crippen LogP contribution < -0.4 is 0 Å². The standard InChI is InChI=1S/C15H12FNO2S/c1-20(18,19)11-7-5-10(6-8-11)12-9-17-14-4-2-3-13(16)15(12)14/h2-9,17H,1H3. The molecular weight excluding hydrogens is 277 g/mol. The number of halogens is 1. The predicted octanol–water partition coefficient (Wildman–Crippen LogP) is 3.38. The number of nitrogens with one attached hydrogen (secondary N) is 1. The van der Waals surface area contributed by atoms with Crippen molar-refractivity contribution in [2.75, 3.05) is 6.26 Å². The summed E-state index contributed by atoms with van der Waals surface area (Å²) >= 11 is 0. The van der Waals surface area contributed by atoms with Crippen LogP contribution in [0.3, 0.4) is 0 Å². The number of sulfone groups is 1.